The van der Waals surface area contributed by atoms with E-state index in [1.165, 1.54) is 0 Å². The van der Waals surface area contributed by atoms with E-state index in [1.54, 1.807) is 37.3 Å². The monoisotopic (exact) mass is 411 g/mol. The van der Waals surface area contributed by atoms with Gasteiger partial charge in [0, 0.05) is 17.0 Å². The molecule has 24 heavy (non-hydrogen) atoms. The van der Waals surface area contributed by atoms with Crippen molar-refractivity contribution in [3.05, 3.63) is 45.5 Å². The number of carbonyl (C=O) groups excluding carboxylic acids is 2. The van der Waals surface area contributed by atoms with Crippen LogP contribution in [-0.2, 0) is 9.53 Å². The summed E-state index contributed by atoms with van der Waals surface area (Å²) in [6.45, 7) is 1.95. The smallest absolute Gasteiger partial charge is 0.306 e. The van der Waals surface area contributed by atoms with Crippen molar-refractivity contribution in [1.29, 1.82) is 0 Å². The number of ether oxygens (including phenoxy) is 1. The standard InChI is InChI=1S/C17H15BrClNO4/c1-2-24-15(22)8-7-14(21)16-17(23)11(18)9-13(20-16)10-5-3-4-6-12(10)19/h3-6,9,23H,2,7-8H2,1H3. The van der Waals surface area contributed by atoms with Gasteiger partial charge in [-0.2, -0.15) is 0 Å². The zero-order valence-electron chi connectivity index (χ0n) is 12.9. The molecular formula is C17H15BrClNO4. The molecule has 2 aromatic rings. The van der Waals surface area contributed by atoms with Crippen LogP contribution in [0.2, 0.25) is 5.02 Å². The first-order valence-electron chi connectivity index (χ1n) is 7.27. The van der Waals surface area contributed by atoms with Crippen molar-refractivity contribution in [2.45, 2.75) is 19.8 Å². The molecule has 1 aromatic carbocycles. The molecule has 0 aliphatic rings. The van der Waals surface area contributed by atoms with Gasteiger partial charge in [-0.05, 0) is 35.0 Å². The molecular weight excluding hydrogens is 398 g/mol. The Morgan fingerprint density at radius 3 is 2.67 bits per heavy atom. The number of aromatic nitrogens is 1. The number of nitrogens with zero attached hydrogens (tertiary/aromatic N) is 1. The maximum atomic E-state index is 12.3. The highest BCUT2D eigenvalue weighted by Crippen LogP contribution is 2.34. The van der Waals surface area contributed by atoms with Crippen LogP contribution in [0.1, 0.15) is 30.3 Å². The Kier molecular flexibility index (Phi) is 6.34. The number of hydrogen-bond acceptors (Lipinski definition) is 5. The second-order valence-electron chi connectivity index (χ2n) is 4.89. The van der Waals surface area contributed by atoms with Crippen molar-refractivity contribution < 1.29 is 19.4 Å². The van der Waals surface area contributed by atoms with Crippen LogP contribution in [0.5, 0.6) is 5.75 Å². The van der Waals surface area contributed by atoms with Crippen molar-refractivity contribution in [2.75, 3.05) is 6.61 Å². The highest BCUT2D eigenvalue weighted by molar-refractivity contribution is 9.10. The fourth-order valence-corrected chi connectivity index (χ4v) is 2.71. The third kappa shape index (κ3) is 4.33. The average molecular weight is 413 g/mol. The Hall–Kier alpha value is -1.92. The molecule has 0 aliphatic heterocycles. The number of Topliss-reactive ketones (excluding diaryl/α,β-unsaturated/α-hetero) is 1. The van der Waals surface area contributed by atoms with Crippen LogP contribution < -0.4 is 0 Å². The first-order chi connectivity index (χ1) is 11.4. The van der Waals surface area contributed by atoms with E-state index in [2.05, 4.69) is 20.9 Å². The summed E-state index contributed by atoms with van der Waals surface area (Å²) in [4.78, 5) is 27.9. The van der Waals surface area contributed by atoms with Gasteiger partial charge >= 0.3 is 5.97 Å². The third-order valence-electron chi connectivity index (χ3n) is 3.22. The maximum Gasteiger partial charge on any atom is 0.306 e. The summed E-state index contributed by atoms with van der Waals surface area (Å²) >= 11 is 9.37. The summed E-state index contributed by atoms with van der Waals surface area (Å²) in [7, 11) is 0. The van der Waals surface area contributed by atoms with E-state index in [4.69, 9.17) is 16.3 Å². The lowest BCUT2D eigenvalue weighted by molar-refractivity contribution is -0.143. The summed E-state index contributed by atoms with van der Waals surface area (Å²) in [6.07, 6.45) is -0.167. The summed E-state index contributed by atoms with van der Waals surface area (Å²) < 4.78 is 5.12. The molecule has 0 fully saturated rings. The molecule has 0 saturated heterocycles. The highest BCUT2D eigenvalue weighted by atomic mass is 79.9. The van der Waals surface area contributed by atoms with E-state index < -0.39 is 11.8 Å². The van der Waals surface area contributed by atoms with Crippen LogP contribution >= 0.6 is 27.5 Å². The summed E-state index contributed by atoms with van der Waals surface area (Å²) in [5.74, 6) is -1.18. The Morgan fingerprint density at radius 1 is 1.29 bits per heavy atom. The van der Waals surface area contributed by atoms with Crippen LogP contribution in [0.3, 0.4) is 0 Å². The Morgan fingerprint density at radius 2 is 2.00 bits per heavy atom. The number of rotatable bonds is 6. The van der Waals surface area contributed by atoms with Gasteiger partial charge in [0.15, 0.2) is 11.5 Å². The zero-order valence-corrected chi connectivity index (χ0v) is 15.2. The molecule has 0 unspecified atom stereocenters. The van der Waals surface area contributed by atoms with Gasteiger partial charge in [0.05, 0.1) is 23.2 Å². The van der Waals surface area contributed by atoms with E-state index in [0.29, 0.717) is 20.8 Å². The first-order valence-corrected chi connectivity index (χ1v) is 8.44. The molecule has 0 bridgehead atoms. The third-order valence-corrected chi connectivity index (χ3v) is 4.16. The van der Waals surface area contributed by atoms with Gasteiger partial charge in [-0.25, -0.2) is 4.98 Å². The van der Waals surface area contributed by atoms with E-state index in [9.17, 15) is 14.7 Å². The normalized spacial score (nSPS) is 10.5. The zero-order chi connectivity index (χ0) is 17.7. The molecule has 1 N–H and O–H groups in total. The van der Waals surface area contributed by atoms with E-state index in [-0.39, 0.29) is 30.9 Å². The van der Waals surface area contributed by atoms with Crippen molar-refractivity contribution in [1.82, 2.24) is 4.98 Å². The van der Waals surface area contributed by atoms with Gasteiger partial charge in [0.2, 0.25) is 0 Å². The number of hydrogen-bond donors (Lipinski definition) is 1. The fourth-order valence-electron chi connectivity index (χ4n) is 2.08. The molecule has 0 saturated carbocycles. The highest BCUT2D eigenvalue weighted by Gasteiger charge is 2.20. The number of carbonyl (C=O) groups is 2. The predicted octanol–water partition coefficient (Wildman–Crippen LogP) is 4.40. The Balaban J connectivity index is 2.32. The minimum absolute atomic E-state index is 0.0677. The molecule has 126 valence electrons. The lowest BCUT2D eigenvalue weighted by Crippen LogP contribution is -2.10. The fraction of sp³-hybridized carbons (Fsp3) is 0.235. The number of ketones is 1. The van der Waals surface area contributed by atoms with Gasteiger partial charge in [0.1, 0.15) is 5.69 Å². The van der Waals surface area contributed by atoms with Crippen molar-refractivity contribution in [2.24, 2.45) is 0 Å². The molecule has 5 nitrogen and oxygen atoms in total. The molecule has 2 rings (SSSR count). The number of halogens is 2. The largest absolute Gasteiger partial charge is 0.504 e. The molecule has 0 atom stereocenters. The summed E-state index contributed by atoms with van der Waals surface area (Å²) in [5.41, 5.74) is 0.979. The molecule has 1 aromatic heterocycles. The topological polar surface area (TPSA) is 76.5 Å². The SMILES string of the molecule is CCOC(=O)CCC(=O)c1nc(-c2ccccc2Cl)cc(Br)c1O. The minimum Gasteiger partial charge on any atom is -0.504 e. The van der Waals surface area contributed by atoms with E-state index in [0.717, 1.165) is 0 Å². The van der Waals surface area contributed by atoms with Crippen LogP contribution in [0.4, 0.5) is 0 Å². The number of pyridine rings is 1. The Labute approximate surface area is 152 Å². The van der Waals surface area contributed by atoms with Gasteiger partial charge in [-0.1, -0.05) is 29.8 Å². The lowest BCUT2D eigenvalue weighted by atomic mass is 10.1. The summed E-state index contributed by atoms with van der Waals surface area (Å²) in [6, 6.07) is 8.64. The molecule has 0 amide bonds. The molecule has 1 heterocycles. The van der Waals surface area contributed by atoms with Gasteiger partial charge in [-0.3, -0.25) is 9.59 Å². The quantitative estimate of drug-likeness (QED) is 0.562. The second kappa shape index (κ2) is 8.26. The maximum absolute atomic E-state index is 12.3. The van der Waals surface area contributed by atoms with Crippen molar-refractivity contribution in [3.63, 3.8) is 0 Å². The number of esters is 1. The average Bonchev–Trinajstić information content (AvgIpc) is 2.56. The Bertz CT molecular complexity index is 779. The van der Waals surface area contributed by atoms with Crippen LogP contribution in [0, 0.1) is 0 Å². The van der Waals surface area contributed by atoms with Gasteiger partial charge in [-0.15, -0.1) is 0 Å². The van der Waals surface area contributed by atoms with E-state index in [1.807, 2.05) is 0 Å². The molecule has 0 aliphatic carbocycles. The minimum atomic E-state index is -0.466. The molecule has 7 heteroatoms. The number of aromatic hydroxyl groups is 1. The van der Waals surface area contributed by atoms with Crippen LogP contribution in [0.15, 0.2) is 34.8 Å². The number of benzene rings is 1. The van der Waals surface area contributed by atoms with E-state index >= 15 is 0 Å². The van der Waals surface area contributed by atoms with Crippen molar-refractivity contribution >= 4 is 39.3 Å². The predicted molar refractivity (Wildman–Crippen MR) is 94.2 cm³/mol. The summed E-state index contributed by atoms with van der Waals surface area (Å²) in [5, 5.41) is 10.6. The van der Waals surface area contributed by atoms with Crippen LogP contribution in [-0.4, -0.2) is 28.4 Å². The molecule has 0 radical (unpaired) electrons. The van der Waals surface area contributed by atoms with Crippen LogP contribution in [0.25, 0.3) is 11.3 Å². The van der Waals surface area contributed by atoms with Gasteiger partial charge < -0.3 is 9.84 Å². The van der Waals surface area contributed by atoms with Gasteiger partial charge in [0.25, 0.3) is 0 Å². The second-order valence-corrected chi connectivity index (χ2v) is 6.16. The van der Waals surface area contributed by atoms with Crippen molar-refractivity contribution in [3.8, 4) is 17.0 Å². The lowest BCUT2D eigenvalue weighted by Gasteiger charge is -2.10. The first kappa shape index (κ1) is 18.4. The molecule has 0 spiro atoms.